The second kappa shape index (κ2) is 8.13. The van der Waals surface area contributed by atoms with E-state index in [1.54, 1.807) is 23.0 Å². The number of amides is 1. The Hall–Kier alpha value is -3.68. The van der Waals surface area contributed by atoms with Crippen molar-refractivity contribution in [1.29, 1.82) is 0 Å². The zero-order chi connectivity index (χ0) is 19.2. The predicted octanol–water partition coefficient (Wildman–Crippen LogP) is 2.93. The van der Waals surface area contributed by atoms with Gasteiger partial charge in [0.05, 0.1) is 28.1 Å². The molecule has 0 atom stereocenters. The Morgan fingerprint density at radius 1 is 1.11 bits per heavy atom. The van der Waals surface area contributed by atoms with Gasteiger partial charge in [0.1, 0.15) is 0 Å². The number of nitro groups is 1. The number of carbonyl (C=O) groups is 1. The number of nitro benzene ring substituents is 1. The average molecular weight is 365 g/mol. The summed E-state index contributed by atoms with van der Waals surface area (Å²) in [6.07, 6.45) is 1.56. The first-order valence-corrected chi connectivity index (χ1v) is 8.43. The van der Waals surface area contributed by atoms with E-state index < -0.39 is 4.92 Å². The van der Waals surface area contributed by atoms with Crippen LogP contribution >= 0.6 is 0 Å². The first-order chi connectivity index (χ1) is 13.1. The number of anilines is 1. The molecule has 2 aromatic carbocycles. The fourth-order valence-electron chi connectivity index (χ4n) is 2.64. The second-order valence-corrected chi connectivity index (χ2v) is 5.88. The lowest BCUT2D eigenvalue weighted by Gasteiger charge is -2.08. The fourth-order valence-corrected chi connectivity index (χ4v) is 2.64. The van der Waals surface area contributed by atoms with Crippen molar-refractivity contribution in [3.63, 3.8) is 0 Å². The molecule has 8 heteroatoms. The van der Waals surface area contributed by atoms with Crippen molar-refractivity contribution in [2.45, 2.75) is 6.92 Å². The van der Waals surface area contributed by atoms with Crippen LogP contribution in [-0.2, 0) is 0 Å². The molecule has 3 rings (SSSR count). The molecule has 0 fully saturated rings. The van der Waals surface area contributed by atoms with E-state index in [9.17, 15) is 14.9 Å². The molecule has 0 spiro atoms. The number of rotatable bonds is 7. The first-order valence-electron chi connectivity index (χ1n) is 8.43. The Labute approximate surface area is 156 Å². The number of nitrogens with one attached hydrogen (secondary N) is 2. The average Bonchev–Trinajstić information content (AvgIpc) is 3.07. The van der Waals surface area contributed by atoms with Crippen LogP contribution in [0.1, 0.15) is 16.1 Å². The van der Waals surface area contributed by atoms with Crippen LogP contribution in [0.25, 0.3) is 5.69 Å². The van der Waals surface area contributed by atoms with Gasteiger partial charge in [-0.15, -0.1) is 0 Å². The van der Waals surface area contributed by atoms with Gasteiger partial charge in [-0.25, -0.2) is 4.68 Å². The minimum Gasteiger partial charge on any atom is -0.383 e. The molecule has 2 N–H and O–H groups in total. The van der Waals surface area contributed by atoms with Crippen LogP contribution in [0.2, 0.25) is 0 Å². The smallest absolute Gasteiger partial charge is 0.269 e. The van der Waals surface area contributed by atoms with E-state index in [1.165, 1.54) is 12.1 Å². The zero-order valence-electron chi connectivity index (χ0n) is 14.8. The normalized spacial score (nSPS) is 10.4. The van der Waals surface area contributed by atoms with Gasteiger partial charge < -0.3 is 10.6 Å². The van der Waals surface area contributed by atoms with Crippen molar-refractivity contribution < 1.29 is 9.72 Å². The van der Waals surface area contributed by atoms with Crippen LogP contribution in [0.3, 0.4) is 0 Å². The van der Waals surface area contributed by atoms with Gasteiger partial charge in [-0.3, -0.25) is 14.9 Å². The molecule has 0 saturated heterocycles. The number of aromatic nitrogens is 2. The molecule has 8 nitrogen and oxygen atoms in total. The van der Waals surface area contributed by atoms with E-state index in [-0.39, 0.29) is 11.6 Å². The van der Waals surface area contributed by atoms with Gasteiger partial charge in [-0.1, -0.05) is 18.2 Å². The van der Waals surface area contributed by atoms with Gasteiger partial charge >= 0.3 is 0 Å². The third-order valence-corrected chi connectivity index (χ3v) is 4.07. The number of nitrogens with zero attached hydrogens (tertiary/aromatic N) is 3. The number of non-ortho nitro benzene ring substituents is 1. The molecule has 0 aliphatic rings. The van der Waals surface area contributed by atoms with E-state index in [1.807, 2.05) is 37.3 Å². The molecular weight excluding hydrogens is 346 g/mol. The lowest BCUT2D eigenvalue weighted by Crippen LogP contribution is -2.29. The van der Waals surface area contributed by atoms with E-state index >= 15 is 0 Å². The van der Waals surface area contributed by atoms with Gasteiger partial charge in [0.2, 0.25) is 0 Å². The summed E-state index contributed by atoms with van der Waals surface area (Å²) in [4.78, 5) is 22.6. The number of benzene rings is 2. The van der Waals surface area contributed by atoms with Crippen LogP contribution in [0, 0.1) is 17.0 Å². The molecule has 1 heterocycles. The Kier molecular flexibility index (Phi) is 5.46. The van der Waals surface area contributed by atoms with E-state index in [0.29, 0.717) is 18.7 Å². The van der Waals surface area contributed by atoms with Crippen molar-refractivity contribution in [2.75, 3.05) is 18.4 Å². The topological polar surface area (TPSA) is 102 Å². The maximum atomic E-state index is 12.4. The maximum Gasteiger partial charge on any atom is 0.269 e. The quantitative estimate of drug-likeness (QED) is 0.381. The molecule has 0 aliphatic heterocycles. The Bertz CT molecular complexity index is 936. The second-order valence-electron chi connectivity index (χ2n) is 5.88. The summed E-state index contributed by atoms with van der Waals surface area (Å²) < 4.78 is 1.73. The highest BCUT2D eigenvalue weighted by Crippen LogP contribution is 2.15. The van der Waals surface area contributed by atoms with Crippen molar-refractivity contribution in [2.24, 2.45) is 0 Å². The summed E-state index contributed by atoms with van der Waals surface area (Å²) in [5.41, 5.74) is 2.98. The van der Waals surface area contributed by atoms with Crippen molar-refractivity contribution in [3.8, 4) is 5.69 Å². The fraction of sp³-hybridized carbons (Fsp3) is 0.158. The number of para-hydroxylation sites is 1. The van der Waals surface area contributed by atoms with Crippen molar-refractivity contribution >= 4 is 17.3 Å². The summed E-state index contributed by atoms with van der Waals surface area (Å²) in [5.74, 6) is -0.194. The highest BCUT2D eigenvalue weighted by Gasteiger charge is 2.14. The van der Waals surface area contributed by atoms with Gasteiger partial charge in [0, 0.05) is 30.9 Å². The molecule has 0 bridgehead atoms. The number of hydrogen-bond donors (Lipinski definition) is 2. The summed E-state index contributed by atoms with van der Waals surface area (Å²) in [6, 6.07) is 15.7. The minimum absolute atomic E-state index is 0.0414. The van der Waals surface area contributed by atoms with Crippen molar-refractivity contribution in [3.05, 3.63) is 82.2 Å². The Balaban J connectivity index is 1.53. The summed E-state index contributed by atoms with van der Waals surface area (Å²) in [7, 11) is 0. The minimum atomic E-state index is -0.443. The summed E-state index contributed by atoms with van der Waals surface area (Å²) in [6.45, 7) is 2.76. The molecule has 138 valence electrons. The summed E-state index contributed by atoms with van der Waals surface area (Å²) in [5, 5.41) is 20.9. The lowest BCUT2D eigenvalue weighted by atomic mass is 10.2. The zero-order valence-corrected chi connectivity index (χ0v) is 14.8. The monoisotopic (exact) mass is 365 g/mol. The van der Waals surface area contributed by atoms with Crippen LogP contribution in [0.15, 0.2) is 60.8 Å². The highest BCUT2D eigenvalue weighted by atomic mass is 16.6. The Morgan fingerprint density at radius 3 is 2.48 bits per heavy atom. The molecule has 27 heavy (non-hydrogen) atoms. The predicted molar refractivity (Wildman–Crippen MR) is 102 cm³/mol. The number of hydrogen-bond acceptors (Lipinski definition) is 5. The third-order valence-electron chi connectivity index (χ3n) is 4.07. The first kappa shape index (κ1) is 18.1. The van der Waals surface area contributed by atoms with E-state index in [2.05, 4.69) is 15.7 Å². The number of carbonyl (C=O) groups excluding carboxylic acids is 1. The highest BCUT2D eigenvalue weighted by molar-refractivity contribution is 5.95. The van der Waals surface area contributed by atoms with Crippen LogP contribution in [0.5, 0.6) is 0 Å². The Morgan fingerprint density at radius 2 is 1.81 bits per heavy atom. The van der Waals surface area contributed by atoms with Gasteiger partial charge in [0.25, 0.3) is 11.6 Å². The summed E-state index contributed by atoms with van der Waals surface area (Å²) >= 11 is 0. The molecule has 0 saturated carbocycles. The SMILES string of the molecule is Cc1c(C(=O)NCCNc2ccc([N+](=O)[O-])cc2)cnn1-c1ccccc1. The molecule has 3 aromatic rings. The van der Waals surface area contributed by atoms with Gasteiger partial charge in [0.15, 0.2) is 0 Å². The molecule has 1 amide bonds. The van der Waals surface area contributed by atoms with Gasteiger partial charge in [-0.05, 0) is 31.2 Å². The van der Waals surface area contributed by atoms with Crippen LogP contribution in [-0.4, -0.2) is 33.7 Å². The van der Waals surface area contributed by atoms with E-state index in [0.717, 1.165) is 17.1 Å². The molecule has 1 aromatic heterocycles. The van der Waals surface area contributed by atoms with Gasteiger partial charge in [-0.2, -0.15) is 5.10 Å². The molecule has 0 radical (unpaired) electrons. The maximum absolute atomic E-state index is 12.4. The molecule has 0 aliphatic carbocycles. The standard InChI is InChI=1S/C19H19N5O3/c1-14-18(13-22-23(14)16-5-3-2-4-6-16)19(25)21-12-11-20-15-7-9-17(10-8-15)24(26)27/h2-10,13,20H,11-12H2,1H3,(H,21,25). The van der Waals surface area contributed by atoms with Crippen molar-refractivity contribution in [1.82, 2.24) is 15.1 Å². The largest absolute Gasteiger partial charge is 0.383 e. The molecule has 0 unspecified atom stereocenters. The molecular formula is C19H19N5O3. The van der Waals surface area contributed by atoms with Crippen LogP contribution < -0.4 is 10.6 Å². The lowest BCUT2D eigenvalue weighted by molar-refractivity contribution is -0.384. The van der Waals surface area contributed by atoms with E-state index in [4.69, 9.17) is 0 Å². The van der Waals surface area contributed by atoms with Crippen LogP contribution in [0.4, 0.5) is 11.4 Å². The third kappa shape index (κ3) is 4.30.